The van der Waals surface area contributed by atoms with Crippen molar-refractivity contribution in [2.45, 2.75) is 66.5 Å². The van der Waals surface area contributed by atoms with Crippen LogP contribution in [-0.2, 0) is 0 Å². The summed E-state index contributed by atoms with van der Waals surface area (Å²) < 4.78 is 0. The number of hydrogen-bond donors (Lipinski definition) is 0. The molecule has 1 fully saturated rings. The summed E-state index contributed by atoms with van der Waals surface area (Å²) in [6.07, 6.45) is 2.76. The van der Waals surface area contributed by atoms with Crippen molar-refractivity contribution in [3.63, 3.8) is 0 Å². The van der Waals surface area contributed by atoms with Gasteiger partial charge in [0.1, 0.15) is 0 Å². The predicted octanol–water partition coefficient (Wildman–Crippen LogP) is 3.54. The van der Waals surface area contributed by atoms with Crippen LogP contribution in [0.4, 0.5) is 0 Å². The minimum atomic E-state index is 0.497. The Hall–Kier alpha value is -0.0400. The van der Waals surface area contributed by atoms with Gasteiger partial charge in [0.2, 0.25) is 0 Å². The van der Waals surface area contributed by atoms with Gasteiger partial charge < -0.3 is 0 Å². The van der Waals surface area contributed by atoms with E-state index in [4.69, 9.17) is 0 Å². The Morgan fingerprint density at radius 3 is 2.14 bits per heavy atom. The zero-order chi connectivity index (χ0) is 10.9. The third-order valence-corrected chi connectivity index (χ3v) is 3.82. The molecule has 14 heavy (non-hydrogen) atoms. The molecule has 0 amide bonds. The molecule has 1 aliphatic rings. The van der Waals surface area contributed by atoms with Crippen LogP contribution in [0.15, 0.2) is 0 Å². The standard InChI is InChI=1S/C13H27N/c1-10(2)14-8-7-12(9-11(14)3)13(4,5)6/h10-12H,7-9H2,1-6H3/t11-,12?/m0/s1. The van der Waals surface area contributed by atoms with Crippen LogP contribution in [-0.4, -0.2) is 23.5 Å². The van der Waals surface area contributed by atoms with E-state index in [0.29, 0.717) is 11.5 Å². The molecule has 1 aliphatic heterocycles. The maximum Gasteiger partial charge on any atom is 0.00724 e. The number of likely N-dealkylation sites (tertiary alicyclic amines) is 1. The molecule has 0 N–H and O–H groups in total. The number of nitrogens with zero attached hydrogens (tertiary/aromatic N) is 1. The summed E-state index contributed by atoms with van der Waals surface area (Å²) >= 11 is 0. The fourth-order valence-electron chi connectivity index (χ4n) is 2.74. The average molecular weight is 197 g/mol. The first-order valence-electron chi connectivity index (χ1n) is 6.08. The molecule has 1 nitrogen and oxygen atoms in total. The highest BCUT2D eigenvalue weighted by atomic mass is 15.2. The van der Waals surface area contributed by atoms with Crippen LogP contribution in [0.3, 0.4) is 0 Å². The van der Waals surface area contributed by atoms with E-state index in [0.717, 1.165) is 12.0 Å². The Bertz CT molecular complexity index is 178. The Labute approximate surface area is 89.9 Å². The van der Waals surface area contributed by atoms with Crippen molar-refractivity contribution < 1.29 is 0 Å². The Morgan fingerprint density at radius 2 is 1.79 bits per heavy atom. The lowest BCUT2D eigenvalue weighted by molar-refractivity contribution is 0.0496. The van der Waals surface area contributed by atoms with E-state index >= 15 is 0 Å². The van der Waals surface area contributed by atoms with Crippen LogP contribution in [0.25, 0.3) is 0 Å². The Balaban J connectivity index is 2.55. The molecule has 1 heterocycles. The predicted molar refractivity (Wildman–Crippen MR) is 63.5 cm³/mol. The molecule has 1 rings (SSSR count). The fourth-order valence-corrected chi connectivity index (χ4v) is 2.74. The second-order valence-electron chi connectivity index (χ2n) is 6.27. The molecule has 0 aromatic heterocycles. The molecule has 84 valence electrons. The lowest BCUT2D eigenvalue weighted by Crippen LogP contribution is -2.46. The van der Waals surface area contributed by atoms with E-state index < -0.39 is 0 Å². The molecule has 0 bridgehead atoms. The molecular weight excluding hydrogens is 170 g/mol. The Morgan fingerprint density at radius 1 is 1.21 bits per heavy atom. The molecule has 0 aliphatic carbocycles. The van der Waals surface area contributed by atoms with Gasteiger partial charge in [-0.25, -0.2) is 0 Å². The molecule has 1 saturated heterocycles. The van der Waals surface area contributed by atoms with Gasteiger partial charge in [-0.15, -0.1) is 0 Å². The zero-order valence-electron chi connectivity index (χ0n) is 10.8. The highest BCUT2D eigenvalue weighted by molar-refractivity contribution is 4.86. The van der Waals surface area contributed by atoms with Gasteiger partial charge in [0.25, 0.3) is 0 Å². The number of rotatable bonds is 1. The lowest BCUT2D eigenvalue weighted by atomic mass is 9.73. The number of piperidine rings is 1. The van der Waals surface area contributed by atoms with E-state index in [1.54, 1.807) is 0 Å². The van der Waals surface area contributed by atoms with Crippen molar-refractivity contribution in [1.29, 1.82) is 0 Å². The van der Waals surface area contributed by atoms with Crippen molar-refractivity contribution in [3.8, 4) is 0 Å². The third kappa shape index (κ3) is 2.73. The molecule has 0 radical (unpaired) electrons. The van der Waals surface area contributed by atoms with Crippen LogP contribution in [0.1, 0.15) is 54.4 Å². The second kappa shape index (κ2) is 4.22. The molecule has 2 atom stereocenters. The summed E-state index contributed by atoms with van der Waals surface area (Å²) in [5.41, 5.74) is 0.497. The summed E-state index contributed by atoms with van der Waals surface area (Å²) in [5.74, 6) is 0.910. The van der Waals surface area contributed by atoms with Crippen molar-refractivity contribution in [2.24, 2.45) is 11.3 Å². The average Bonchev–Trinajstić information content (AvgIpc) is 2.01. The third-order valence-electron chi connectivity index (χ3n) is 3.82. The second-order valence-corrected chi connectivity index (χ2v) is 6.27. The molecule has 1 heteroatoms. The summed E-state index contributed by atoms with van der Waals surface area (Å²) in [6, 6.07) is 1.49. The van der Waals surface area contributed by atoms with Crippen molar-refractivity contribution >= 4 is 0 Å². The highest BCUT2D eigenvalue weighted by Gasteiger charge is 2.33. The molecule has 0 saturated carbocycles. The van der Waals surface area contributed by atoms with E-state index in [1.165, 1.54) is 19.4 Å². The van der Waals surface area contributed by atoms with E-state index in [-0.39, 0.29) is 0 Å². The smallest absolute Gasteiger partial charge is 0.00724 e. The maximum absolute atomic E-state index is 2.64. The normalized spacial score (nSPS) is 31.1. The van der Waals surface area contributed by atoms with E-state index in [2.05, 4.69) is 46.4 Å². The molecule has 0 aromatic carbocycles. The van der Waals surface area contributed by atoms with Gasteiger partial charge >= 0.3 is 0 Å². The van der Waals surface area contributed by atoms with Crippen molar-refractivity contribution in [2.75, 3.05) is 6.54 Å². The first-order chi connectivity index (χ1) is 6.32. The maximum atomic E-state index is 2.64. The first kappa shape index (κ1) is 12.0. The first-order valence-corrected chi connectivity index (χ1v) is 6.08. The van der Waals surface area contributed by atoms with Crippen LogP contribution < -0.4 is 0 Å². The van der Waals surface area contributed by atoms with Gasteiger partial charge in [0, 0.05) is 12.1 Å². The van der Waals surface area contributed by atoms with Gasteiger partial charge in [-0.2, -0.15) is 0 Å². The minimum absolute atomic E-state index is 0.497. The van der Waals surface area contributed by atoms with Crippen molar-refractivity contribution in [1.82, 2.24) is 4.90 Å². The zero-order valence-corrected chi connectivity index (χ0v) is 10.8. The molecular formula is C13H27N. The molecule has 0 aromatic rings. The van der Waals surface area contributed by atoms with E-state index in [1.807, 2.05) is 0 Å². The van der Waals surface area contributed by atoms with Crippen LogP contribution in [0, 0.1) is 11.3 Å². The minimum Gasteiger partial charge on any atom is -0.298 e. The van der Waals surface area contributed by atoms with Gasteiger partial charge in [-0.1, -0.05) is 20.8 Å². The Kier molecular flexibility index (Phi) is 3.63. The van der Waals surface area contributed by atoms with Crippen molar-refractivity contribution in [3.05, 3.63) is 0 Å². The van der Waals surface area contributed by atoms with Gasteiger partial charge in [-0.05, 0) is 51.5 Å². The largest absolute Gasteiger partial charge is 0.298 e. The number of hydrogen-bond acceptors (Lipinski definition) is 1. The molecule has 1 unspecified atom stereocenters. The van der Waals surface area contributed by atoms with Gasteiger partial charge in [0.05, 0.1) is 0 Å². The highest BCUT2D eigenvalue weighted by Crippen LogP contribution is 2.37. The van der Waals surface area contributed by atoms with Crippen LogP contribution in [0.5, 0.6) is 0 Å². The topological polar surface area (TPSA) is 3.24 Å². The lowest BCUT2D eigenvalue weighted by Gasteiger charge is -2.44. The van der Waals surface area contributed by atoms with Gasteiger partial charge in [-0.3, -0.25) is 4.90 Å². The van der Waals surface area contributed by atoms with Crippen LogP contribution in [0.2, 0.25) is 0 Å². The van der Waals surface area contributed by atoms with Crippen LogP contribution >= 0.6 is 0 Å². The molecule has 0 spiro atoms. The summed E-state index contributed by atoms with van der Waals surface area (Å²) in [7, 11) is 0. The van der Waals surface area contributed by atoms with E-state index in [9.17, 15) is 0 Å². The monoisotopic (exact) mass is 197 g/mol. The quantitative estimate of drug-likeness (QED) is 0.621. The summed E-state index contributed by atoms with van der Waals surface area (Å²) in [5, 5.41) is 0. The SMILES string of the molecule is CC(C)N1CCC(C(C)(C)C)C[C@@H]1C. The fraction of sp³-hybridized carbons (Fsp3) is 1.00. The van der Waals surface area contributed by atoms with Gasteiger partial charge in [0.15, 0.2) is 0 Å². The summed E-state index contributed by atoms with van der Waals surface area (Å²) in [6.45, 7) is 15.5. The summed E-state index contributed by atoms with van der Waals surface area (Å²) in [4.78, 5) is 2.64.